The van der Waals surface area contributed by atoms with Crippen molar-refractivity contribution in [2.75, 3.05) is 24.2 Å². The number of ether oxygens (including phenoxy) is 2. The van der Waals surface area contributed by atoms with Crippen LogP contribution in [0.1, 0.15) is 41.5 Å². The smallest absolute Gasteiger partial charge is 0.768 e. The number of allylic oxidation sites excluding steroid dienone is 1. The van der Waals surface area contributed by atoms with Gasteiger partial charge in [0.05, 0.1) is 26.2 Å². The molecule has 0 radical (unpaired) electrons. The molecule has 0 saturated carbocycles. The van der Waals surface area contributed by atoms with Crippen molar-refractivity contribution in [3.8, 4) is 0 Å². The largest absolute Gasteiger partial charge is 1.00 e. The molecule has 18 heteroatoms. The van der Waals surface area contributed by atoms with Crippen LogP contribution in [0.25, 0.3) is 21.8 Å². The van der Waals surface area contributed by atoms with E-state index in [0.717, 1.165) is 11.5 Å². The summed E-state index contributed by atoms with van der Waals surface area (Å²) in [5.74, 6) is -1.99. The summed E-state index contributed by atoms with van der Waals surface area (Å²) in [6.45, 7) is 10.4. The van der Waals surface area contributed by atoms with Crippen LogP contribution in [0.5, 0.6) is 0 Å². The number of rotatable bonds is 9. The Kier molecular flexibility index (Phi) is 20.7. The van der Waals surface area contributed by atoms with Gasteiger partial charge in [0, 0.05) is 36.3 Å². The minimum Gasteiger partial charge on any atom is -0.768 e. The predicted octanol–water partition coefficient (Wildman–Crippen LogP) is 4.62. The third-order valence-electron chi connectivity index (χ3n) is 6.10. The molecule has 0 aliphatic carbocycles. The number of halogens is 3. The molecule has 1 atom stereocenters. The second kappa shape index (κ2) is 22.9. The molecule has 0 spiro atoms. The molecular weight excluding hydrogens is 821 g/mol. The number of amides is 2. The molecule has 2 heterocycles. The Morgan fingerprint density at radius 2 is 1.24 bits per heavy atom. The van der Waals surface area contributed by atoms with Crippen molar-refractivity contribution in [3.63, 3.8) is 0 Å². The van der Waals surface area contributed by atoms with Crippen LogP contribution in [-0.4, -0.2) is 74.7 Å². The van der Waals surface area contributed by atoms with E-state index in [1.165, 1.54) is 18.3 Å². The number of para-hydroxylation sites is 2. The van der Waals surface area contributed by atoms with Crippen LogP contribution in [0.3, 0.4) is 0 Å². The third kappa shape index (κ3) is 18.3. The fraction of sp³-hybridized carbons (Fsp3) is 0.333. The van der Waals surface area contributed by atoms with Gasteiger partial charge in [0.15, 0.2) is 9.84 Å². The van der Waals surface area contributed by atoms with Crippen LogP contribution in [0.4, 0.5) is 18.4 Å². The third-order valence-corrected chi connectivity index (χ3v) is 8.98. The van der Waals surface area contributed by atoms with E-state index in [-0.39, 0.29) is 63.6 Å². The molecule has 0 saturated heterocycles. The van der Waals surface area contributed by atoms with E-state index in [1.807, 2.05) is 12.1 Å². The van der Waals surface area contributed by atoms with Crippen molar-refractivity contribution in [1.29, 1.82) is 0 Å². The first-order valence-corrected chi connectivity index (χ1v) is 19.8. The van der Waals surface area contributed by atoms with Gasteiger partial charge in [-0.05, 0) is 89.0 Å². The Morgan fingerprint density at radius 3 is 1.72 bits per heavy atom. The maximum atomic E-state index is 14.0. The molecule has 288 valence electrons. The zero-order valence-electron chi connectivity index (χ0n) is 31.0. The molecule has 0 fully saturated rings. The first-order valence-electron chi connectivity index (χ1n) is 15.9. The second-order valence-corrected chi connectivity index (χ2v) is 16.3. The number of benzene rings is 2. The number of alkyl carbamates (subject to hydrolysis) is 2. The maximum absolute atomic E-state index is 14.0. The zero-order chi connectivity index (χ0) is 39.8. The van der Waals surface area contributed by atoms with Crippen LogP contribution in [-0.2, 0) is 30.4 Å². The number of sulfone groups is 1. The summed E-state index contributed by atoms with van der Waals surface area (Å²) in [4.78, 5) is 30.8. The number of pyridine rings is 2. The monoisotopic (exact) mass is 862 g/mol. The average molecular weight is 864 g/mol. The second-order valence-electron chi connectivity index (χ2n) is 12.9. The van der Waals surface area contributed by atoms with Crippen LogP contribution in [0, 0.1) is 0 Å². The topological polar surface area (TPSA) is 177 Å². The van der Waals surface area contributed by atoms with Gasteiger partial charge in [0.2, 0.25) is 0 Å². The van der Waals surface area contributed by atoms with E-state index in [2.05, 4.69) is 36.5 Å². The number of alkyl halides is 1. The Labute approximate surface area is 347 Å². The number of nitrogens with zero attached hydrogens (tertiary/aromatic N) is 2. The van der Waals surface area contributed by atoms with Crippen LogP contribution >= 0.6 is 15.9 Å². The fourth-order valence-electron chi connectivity index (χ4n) is 4.03. The molecule has 4 aromatic rings. The molecule has 2 N–H and O–H groups in total. The molecule has 0 aliphatic rings. The SMILES string of the molecule is CC(C)(C)OC(=O)NC/C=C(\F)CBr.CC(C)(C)OC(=O)NC/C=C(\F)CS(=O)(=O)c1cccc2cccnc12.O=S([O-])c1cccc2cccnc12.[Na+]. The average Bonchev–Trinajstić information content (AvgIpc) is 3.06. The summed E-state index contributed by atoms with van der Waals surface area (Å²) in [7, 11) is -3.92. The van der Waals surface area contributed by atoms with Crippen molar-refractivity contribution in [2.24, 2.45) is 0 Å². The van der Waals surface area contributed by atoms with E-state index in [4.69, 9.17) is 9.47 Å². The number of carbonyl (C=O) groups is 2. The molecule has 2 aromatic heterocycles. The summed E-state index contributed by atoms with van der Waals surface area (Å²) in [5, 5.41) is 6.40. The number of aromatic nitrogens is 2. The zero-order valence-corrected chi connectivity index (χ0v) is 36.2. The number of carbonyl (C=O) groups excluding carboxylic acids is 2. The van der Waals surface area contributed by atoms with E-state index in [0.29, 0.717) is 16.4 Å². The predicted molar refractivity (Wildman–Crippen MR) is 203 cm³/mol. The van der Waals surface area contributed by atoms with Gasteiger partial charge in [-0.2, -0.15) is 0 Å². The molecule has 0 aliphatic heterocycles. The van der Waals surface area contributed by atoms with Crippen molar-refractivity contribution in [3.05, 3.63) is 96.9 Å². The van der Waals surface area contributed by atoms with Crippen LogP contribution in [0.15, 0.2) is 107 Å². The van der Waals surface area contributed by atoms with Crippen molar-refractivity contribution >= 4 is 70.8 Å². The molecule has 1 unspecified atom stereocenters. The normalized spacial score (nSPS) is 12.6. The summed E-state index contributed by atoms with van der Waals surface area (Å²) in [6, 6.07) is 16.8. The van der Waals surface area contributed by atoms with Gasteiger partial charge in [-0.15, -0.1) is 0 Å². The Hall–Kier alpha value is -3.32. The van der Waals surface area contributed by atoms with E-state index in [1.54, 1.807) is 90.2 Å². The molecule has 4 rings (SSSR count). The minimum absolute atomic E-state index is 0. The minimum atomic E-state index is -3.92. The van der Waals surface area contributed by atoms with Gasteiger partial charge >= 0.3 is 41.7 Å². The van der Waals surface area contributed by atoms with Gasteiger partial charge in [-0.1, -0.05) is 52.3 Å². The van der Waals surface area contributed by atoms with Crippen molar-refractivity contribution in [2.45, 2.75) is 62.5 Å². The van der Waals surface area contributed by atoms with Gasteiger partial charge in [0.1, 0.15) is 28.6 Å². The number of hydrogen-bond acceptors (Lipinski definition) is 10. The van der Waals surface area contributed by atoms with Gasteiger partial charge in [-0.3, -0.25) is 14.2 Å². The van der Waals surface area contributed by atoms with E-state index in [9.17, 15) is 35.5 Å². The first-order chi connectivity index (χ1) is 24.7. The van der Waals surface area contributed by atoms with Crippen LogP contribution < -0.4 is 40.2 Å². The summed E-state index contributed by atoms with van der Waals surface area (Å²) in [5.41, 5.74) is -0.369. The molecule has 2 aromatic carbocycles. The Balaban J connectivity index is 0.000000440. The molecule has 0 bridgehead atoms. The maximum Gasteiger partial charge on any atom is 1.00 e. The summed E-state index contributed by atoms with van der Waals surface area (Å²) < 4.78 is 83.1. The number of fused-ring (bicyclic) bond motifs is 2. The van der Waals surface area contributed by atoms with Crippen molar-refractivity contribution in [1.82, 2.24) is 20.6 Å². The Morgan fingerprint density at radius 1 is 0.796 bits per heavy atom. The van der Waals surface area contributed by atoms with Gasteiger partial charge in [-0.25, -0.2) is 26.8 Å². The first kappa shape index (κ1) is 48.7. The molecule has 12 nitrogen and oxygen atoms in total. The number of nitrogens with one attached hydrogen (secondary N) is 2. The summed E-state index contributed by atoms with van der Waals surface area (Å²) >= 11 is 0.728. The molecular formula is C36H42BrF2N4NaO8S2. The van der Waals surface area contributed by atoms with E-state index < -0.39 is 55.9 Å². The van der Waals surface area contributed by atoms with Gasteiger partial charge in [0.25, 0.3) is 0 Å². The quantitative estimate of drug-likeness (QED) is 0.137. The Bertz CT molecular complexity index is 2050. The molecule has 54 heavy (non-hydrogen) atoms. The van der Waals surface area contributed by atoms with Crippen LogP contribution in [0.2, 0.25) is 0 Å². The van der Waals surface area contributed by atoms with Gasteiger partial charge < -0.3 is 24.7 Å². The van der Waals surface area contributed by atoms with Crippen molar-refractivity contribution < 1.29 is 74.6 Å². The fourth-order valence-corrected chi connectivity index (χ4v) is 6.16. The standard InChI is InChI=1S/C18H21FN2O4S.C9H15BrFNO2.C9H7NO2S.Na/c1-18(2,3)25-17(22)21-11-9-14(19)12-26(23,24)15-8-4-6-13-7-5-10-20-16(13)15;1-9(2,3)14-8(13)12-5-4-7(11)6-10;11-13(12)8-5-1-3-7-4-2-6-10-9(7)8;/h4-10H,11-12H2,1-3H3,(H,21,22);4H,5-6H2,1-3H3,(H,12,13);1-6H,(H,11,12);/q;;;+1/p-1/b14-9-;7-4-;;. The summed E-state index contributed by atoms with van der Waals surface area (Å²) in [6.07, 6.45) is 4.09. The number of hydrogen-bond donors (Lipinski definition) is 2. The molecule has 2 amide bonds. The van der Waals surface area contributed by atoms with E-state index >= 15 is 0 Å².